The number of benzene rings is 1. The van der Waals surface area contributed by atoms with E-state index in [1.54, 1.807) is 18.2 Å². The number of nitrogens with one attached hydrogen (secondary N) is 1. The number of hydrogen-bond donors (Lipinski definition) is 1. The molecule has 0 saturated carbocycles. The van der Waals surface area contributed by atoms with Gasteiger partial charge in [-0.3, -0.25) is 14.9 Å². The normalized spacial score (nSPS) is 17.1. The van der Waals surface area contributed by atoms with E-state index in [1.807, 2.05) is 6.92 Å². The van der Waals surface area contributed by atoms with Crippen LogP contribution in [0, 0.1) is 10.1 Å². The minimum absolute atomic E-state index is 0.0405. The van der Waals surface area contributed by atoms with E-state index < -0.39 is 4.92 Å². The Kier molecular flexibility index (Phi) is 4.48. The molecular weight excluding hydrogens is 298 g/mol. The van der Waals surface area contributed by atoms with Crippen LogP contribution < -0.4 is 5.43 Å². The molecule has 1 fully saturated rings. The van der Waals surface area contributed by atoms with E-state index in [2.05, 4.69) is 5.43 Å². The molecule has 1 aliphatic heterocycles. The summed E-state index contributed by atoms with van der Waals surface area (Å²) < 4.78 is 0.390. The van der Waals surface area contributed by atoms with Crippen LogP contribution in [0.25, 0.3) is 6.08 Å². The van der Waals surface area contributed by atoms with Gasteiger partial charge in [-0.1, -0.05) is 43.0 Å². The van der Waals surface area contributed by atoms with Crippen LogP contribution in [0.1, 0.15) is 12.5 Å². The maximum atomic E-state index is 12.1. The lowest BCUT2D eigenvalue weighted by molar-refractivity contribution is -0.385. The molecule has 1 aromatic rings. The lowest BCUT2D eigenvalue weighted by Crippen LogP contribution is -2.40. The first-order chi connectivity index (χ1) is 9.54. The van der Waals surface area contributed by atoms with Gasteiger partial charge >= 0.3 is 0 Å². The molecule has 0 aliphatic carbocycles. The summed E-state index contributed by atoms with van der Waals surface area (Å²) in [7, 11) is 0. The summed E-state index contributed by atoms with van der Waals surface area (Å²) in [4.78, 5) is 22.9. The number of thioether (sulfide) groups is 1. The van der Waals surface area contributed by atoms with Crippen LogP contribution in [-0.4, -0.2) is 26.7 Å². The van der Waals surface area contributed by atoms with Gasteiger partial charge in [0, 0.05) is 12.6 Å². The smallest absolute Gasteiger partial charge is 0.267 e. The zero-order chi connectivity index (χ0) is 14.7. The van der Waals surface area contributed by atoms with Crippen molar-refractivity contribution < 1.29 is 9.72 Å². The Morgan fingerprint density at radius 1 is 1.50 bits per heavy atom. The quantitative estimate of drug-likeness (QED) is 0.398. The molecular formula is C12H11N3O3S2. The summed E-state index contributed by atoms with van der Waals surface area (Å²) in [5.74, 6) is -0.292. The van der Waals surface area contributed by atoms with Crippen LogP contribution in [0.2, 0.25) is 0 Å². The molecule has 20 heavy (non-hydrogen) atoms. The first-order valence-electron chi connectivity index (χ1n) is 5.79. The number of amides is 1. The van der Waals surface area contributed by atoms with Gasteiger partial charge in [-0.05, 0) is 12.1 Å². The van der Waals surface area contributed by atoms with Crippen molar-refractivity contribution in [2.24, 2.45) is 0 Å². The second-order valence-corrected chi connectivity index (χ2v) is 5.52. The zero-order valence-electron chi connectivity index (χ0n) is 10.5. The summed E-state index contributed by atoms with van der Waals surface area (Å²) in [5, 5.41) is 12.2. The largest absolute Gasteiger partial charge is 0.280 e. The molecule has 0 unspecified atom stereocenters. The van der Waals surface area contributed by atoms with E-state index >= 15 is 0 Å². The predicted octanol–water partition coefficient (Wildman–Crippen LogP) is 2.32. The molecule has 104 valence electrons. The molecule has 0 bridgehead atoms. The van der Waals surface area contributed by atoms with Gasteiger partial charge in [-0.25, -0.2) is 10.4 Å². The first kappa shape index (κ1) is 14.6. The maximum absolute atomic E-state index is 12.1. The average molecular weight is 309 g/mol. The molecule has 6 nitrogen and oxygen atoms in total. The molecule has 0 atom stereocenters. The zero-order valence-corrected chi connectivity index (χ0v) is 12.2. The minimum Gasteiger partial charge on any atom is -0.267 e. The number of carbonyl (C=O) groups is 1. The molecule has 0 spiro atoms. The van der Waals surface area contributed by atoms with Crippen molar-refractivity contribution in [3.8, 4) is 0 Å². The van der Waals surface area contributed by atoms with Gasteiger partial charge in [0.05, 0.1) is 15.4 Å². The Hall–Kier alpha value is -1.77. The molecule has 1 aromatic carbocycles. The summed E-state index contributed by atoms with van der Waals surface area (Å²) in [6.07, 6.45) is 1.49. The Labute approximate surface area is 125 Å². The molecule has 0 radical (unpaired) electrons. The number of rotatable bonds is 4. The van der Waals surface area contributed by atoms with Gasteiger partial charge in [-0.2, -0.15) is 0 Å². The number of thiocarbonyl (C=S) groups is 1. The summed E-state index contributed by atoms with van der Waals surface area (Å²) in [6, 6.07) is 6.26. The van der Waals surface area contributed by atoms with Crippen LogP contribution >= 0.6 is 24.0 Å². The molecule has 1 heterocycles. The topological polar surface area (TPSA) is 75.5 Å². The highest BCUT2D eigenvalue weighted by atomic mass is 32.2. The highest BCUT2D eigenvalue weighted by Crippen LogP contribution is 2.33. The Morgan fingerprint density at radius 3 is 2.85 bits per heavy atom. The Balaban J connectivity index is 2.35. The van der Waals surface area contributed by atoms with Crippen LogP contribution in [0.5, 0.6) is 0 Å². The maximum Gasteiger partial charge on any atom is 0.280 e. The standard InChI is InChI=1S/C12H11N3O3S2/c1-2-13-14-11(16)10(20-12(14)19)7-8-5-3-4-6-9(8)15(17)18/h3-7,13H,2H2,1H3/b10-7+. The van der Waals surface area contributed by atoms with Gasteiger partial charge in [0.15, 0.2) is 4.32 Å². The van der Waals surface area contributed by atoms with Crippen LogP contribution in [0.4, 0.5) is 5.69 Å². The van der Waals surface area contributed by atoms with E-state index in [0.29, 0.717) is 21.3 Å². The number of nitro benzene ring substituents is 1. The third kappa shape index (κ3) is 2.87. The summed E-state index contributed by atoms with van der Waals surface area (Å²) >= 11 is 6.21. The fourth-order valence-electron chi connectivity index (χ4n) is 1.68. The van der Waals surface area contributed by atoms with E-state index in [4.69, 9.17) is 12.2 Å². The molecule has 2 rings (SSSR count). The monoisotopic (exact) mass is 309 g/mol. The van der Waals surface area contributed by atoms with Crippen LogP contribution in [0.3, 0.4) is 0 Å². The first-order valence-corrected chi connectivity index (χ1v) is 7.02. The van der Waals surface area contributed by atoms with E-state index in [9.17, 15) is 14.9 Å². The minimum atomic E-state index is -0.475. The number of nitro groups is 1. The molecule has 0 aromatic heterocycles. The van der Waals surface area contributed by atoms with Gasteiger partial charge in [0.25, 0.3) is 11.6 Å². The third-order valence-electron chi connectivity index (χ3n) is 2.53. The van der Waals surface area contributed by atoms with Crippen molar-refractivity contribution in [3.05, 3.63) is 44.8 Å². The Morgan fingerprint density at radius 2 is 2.20 bits per heavy atom. The average Bonchev–Trinajstić information content (AvgIpc) is 2.67. The van der Waals surface area contributed by atoms with Gasteiger partial charge in [-0.15, -0.1) is 0 Å². The molecule has 1 N–H and O–H groups in total. The van der Waals surface area contributed by atoms with Crippen molar-refractivity contribution in [2.75, 3.05) is 6.54 Å². The predicted molar refractivity (Wildman–Crippen MR) is 81.8 cm³/mol. The number of nitrogens with zero attached hydrogens (tertiary/aromatic N) is 2. The van der Waals surface area contributed by atoms with Gasteiger partial charge < -0.3 is 0 Å². The number of hydrazine groups is 1. The fraction of sp³-hybridized carbons (Fsp3) is 0.167. The third-order valence-corrected chi connectivity index (χ3v) is 3.83. The van der Waals surface area contributed by atoms with Crippen molar-refractivity contribution in [1.82, 2.24) is 10.4 Å². The lowest BCUT2D eigenvalue weighted by atomic mass is 10.1. The SMILES string of the molecule is CCNN1C(=O)/C(=C\c2ccccc2[N+](=O)[O-])SC1=S. The summed E-state index contributed by atoms with van der Waals surface area (Å²) in [6.45, 7) is 2.41. The number of hydrogen-bond acceptors (Lipinski definition) is 6. The van der Waals surface area contributed by atoms with Crippen LogP contribution in [0.15, 0.2) is 29.2 Å². The highest BCUT2D eigenvalue weighted by molar-refractivity contribution is 8.26. The van der Waals surface area contributed by atoms with E-state index in [-0.39, 0.29) is 11.6 Å². The molecule has 8 heteroatoms. The van der Waals surface area contributed by atoms with Gasteiger partial charge in [0.2, 0.25) is 0 Å². The van der Waals surface area contributed by atoms with Gasteiger partial charge in [0.1, 0.15) is 0 Å². The number of para-hydroxylation sites is 1. The van der Waals surface area contributed by atoms with Crippen LogP contribution in [-0.2, 0) is 4.79 Å². The van der Waals surface area contributed by atoms with E-state index in [0.717, 1.165) is 11.8 Å². The van der Waals surface area contributed by atoms with E-state index in [1.165, 1.54) is 17.2 Å². The molecule has 1 aliphatic rings. The van der Waals surface area contributed by atoms with Crippen molar-refractivity contribution in [3.63, 3.8) is 0 Å². The lowest BCUT2D eigenvalue weighted by Gasteiger charge is -2.13. The fourth-order valence-corrected chi connectivity index (χ4v) is 2.89. The van der Waals surface area contributed by atoms with Crippen molar-refractivity contribution in [1.29, 1.82) is 0 Å². The Bertz CT molecular complexity index is 616. The van der Waals surface area contributed by atoms with Crippen molar-refractivity contribution in [2.45, 2.75) is 6.92 Å². The number of carbonyl (C=O) groups excluding carboxylic acids is 1. The molecule has 1 amide bonds. The molecule has 1 saturated heterocycles. The van der Waals surface area contributed by atoms with Crippen molar-refractivity contribution >= 4 is 46.0 Å². The summed E-state index contributed by atoms with van der Waals surface area (Å²) in [5.41, 5.74) is 3.19. The highest BCUT2D eigenvalue weighted by Gasteiger charge is 2.32. The second-order valence-electron chi connectivity index (χ2n) is 3.84. The second kappa shape index (κ2) is 6.12.